The Morgan fingerprint density at radius 2 is 1.04 bits per heavy atom. The van der Waals surface area contributed by atoms with E-state index in [1.165, 1.54) is 0 Å². The molecule has 0 aromatic heterocycles. The van der Waals surface area contributed by atoms with E-state index in [1.54, 1.807) is 0 Å². The van der Waals surface area contributed by atoms with E-state index in [4.69, 9.17) is 9.47 Å². The minimum Gasteiger partial charge on any atom is -0.378 e. The van der Waals surface area contributed by atoms with Crippen molar-refractivity contribution in [3.63, 3.8) is 0 Å². The molecule has 0 N–H and O–H groups in total. The van der Waals surface area contributed by atoms with E-state index in [0.29, 0.717) is 13.2 Å². The van der Waals surface area contributed by atoms with Crippen LogP contribution in [0.15, 0.2) is 48.5 Å². The van der Waals surface area contributed by atoms with Crippen molar-refractivity contribution < 1.29 is 9.47 Å². The van der Waals surface area contributed by atoms with Crippen LogP contribution in [0.2, 0.25) is 0 Å². The molecule has 1 fully saturated rings. The van der Waals surface area contributed by atoms with Gasteiger partial charge >= 0.3 is 0 Å². The molecule has 0 radical (unpaired) electrons. The second-order valence-corrected chi connectivity index (χ2v) is 6.55. The van der Waals surface area contributed by atoms with E-state index < -0.39 is 5.79 Å². The van der Waals surface area contributed by atoms with Crippen molar-refractivity contribution >= 4 is 11.4 Å². The highest BCUT2D eigenvalue weighted by Gasteiger charge is 2.38. The lowest BCUT2D eigenvalue weighted by Gasteiger charge is -2.38. The van der Waals surface area contributed by atoms with Crippen LogP contribution >= 0.6 is 0 Å². The van der Waals surface area contributed by atoms with Crippen LogP contribution in [0.1, 0.15) is 17.5 Å². The molecule has 0 atom stereocenters. The van der Waals surface area contributed by atoms with E-state index in [2.05, 4.69) is 58.3 Å². The van der Waals surface area contributed by atoms with Gasteiger partial charge in [-0.25, -0.2) is 0 Å². The van der Waals surface area contributed by atoms with Gasteiger partial charge in [0, 0.05) is 50.7 Å². The smallest absolute Gasteiger partial charge is 0.222 e. The third-order valence-electron chi connectivity index (χ3n) is 4.43. The second-order valence-electron chi connectivity index (χ2n) is 6.55. The summed E-state index contributed by atoms with van der Waals surface area (Å²) in [5, 5.41) is 0. The first-order chi connectivity index (χ1) is 11.5. The molecule has 0 bridgehead atoms. The molecule has 128 valence electrons. The zero-order chi connectivity index (χ0) is 17.2. The van der Waals surface area contributed by atoms with Gasteiger partial charge < -0.3 is 19.3 Å². The van der Waals surface area contributed by atoms with E-state index in [0.717, 1.165) is 28.9 Å². The number of rotatable bonds is 4. The second kappa shape index (κ2) is 6.83. The molecule has 24 heavy (non-hydrogen) atoms. The molecule has 3 rings (SSSR count). The molecule has 2 aromatic rings. The Morgan fingerprint density at radius 1 is 0.667 bits per heavy atom. The molecular weight excluding hydrogens is 300 g/mol. The van der Waals surface area contributed by atoms with E-state index >= 15 is 0 Å². The average Bonchev–Trinajstić information content (AvgIpc) is 2.62. The zero-order valence-corrected chi connectivity index (χ0v) is 15.0. The predicted molar refractivity (Wildman–Crippen MR) is 98.8 cm³/mol. The number of benzene rings is 2. The first kappa shape index (κ1) is 16.8. The summed E-state index contributed by atoms with van der Waals surface area (Å²) in [5.74, 6) is -0.812. The summed E-state index contributed by atoms with van der Waals surface area (Å²) < 4.78 is 12.4. The zero-order valence-electron chi connectivity index (χ0n) is 15.0. The van der Waals surface area contributed by atoms with Gasteiger partial charge in [0.25, 0.3) is 0 Å². The van der Waals surface area contributed by atoms with Crippen molar-refractivity contribution in [1.82, 2.24) is 0 Å². The van der Waals surface area contributed by atoms with Gasteiger partial charge in [-0.3, -0.25) is 0 Å². The van der Waals surface area contributed by atoms with Crippen LogP contribution in [-0.4, -0.2) is 41.4 Å². The maximum Gasteiger partial charge on any atom is 0.222 e. The van der Waals surface area contributed by atoms with E-state index in [-0.39, 0.29) is 0 Å². The summed E-state index contributed by atoms with van der Waals surface area (Å²) in [5.41, 5.74) is 4.39. The highest BCUT2D eigenvalue weighted by atomic mass is 16.7. The molecule has 1 aliphatic rings. The lowest BCUT2D eigenvalue weighted by Crippen LogP contribution is -2.39. The highest BCUT2D eigenvalue weighted by molar-refractivity contribution is 5.51. The van der Waals surface area contributed by atoms with Crippen molar-refractivity contribution in [1.29, 1.82) is 0 Å². The summed E-state index contributed by atoms with van der Waals surface area (Å²) >= 11 is 0. The molecular formula is C20H26N2O2. The van der Waals surface area contributed by atoms with Gasteiger partial charge in [0.15, 0.2) is 0 Å². The molecule has 0 amide bonds. The minimum atomic E-state index is -0.812. The molecule has 1 heterocycles. The third-order valence-corrected chi connectivity index (χ3v) is 4.43. The first-order valence-electron chi connectivity index (χ1n) is 8.36. The van der Waals surface area contributed by atoms with E-state index in [1.807, 2.05) is 28.2 Å². The summed E-state index contributed by atoms with van der Waals surface area (Å²) in [6, 6.07) is 16.8. The number of hydrogen-bond acceptors (Lipinski definition) is 4. The molecule has 0 aliphatic carbocycles. The minimum absolute atomic E-state index is 0.699. The quantitative estimate of drug-likeness (QED) is 0.859. The molecule has 0 unspecified atom stereocenters. The van der Waals surface area contributed by atoms with Crippen molar-refractivity contribution in [3.8, 4) is 0 Å². The Balaban J connectivity index is 2.01. The molecule has 1 aliphatic heterocycles. The van der Waals surface area contributed by atoms with Gasteiger partial charge in [-0.1, -0.05) is 24.3 Å². The fraction of sp³-hybridized carbons (Fsp3) is 0.400. The van der Waals surface area contributed by atoms with Crippen LogP contribution < -0.4 is 9.80 Å². The molecule has 4 nitrogen and oxygen atoms in total. The molecule has 4 heteroatoms. The van der Waals surface area contributed by atoms with Gasteiger partial charge in [0.2, 0.25) is 5.79 Å². The molecule has 2 aromatic carbocycles. The molecule has 1 saturated heterocycles. The fourth-order valence-electron chi connectivity index (χ4n) is 2.99. The van der Waals surface area contributed by atoms with Crippen molar-refractivity contribution in [2.45, 2.75) is 12.2 Å². The number of hydrogen-bond donors (Lipinski definition) is 0. The van der Waals surface area contributed by atoms with Gasteiger partial charge in [0.05, 0.1) is 13.2 Å². The normalized spacial score (nSPS) is 16.7. The predicted octanol–water partition coefficient (Wildman–Crippen LogP) is 3.46. The molecule has 0 spiro atoms. The standard InChI is InChI=1S/C20H26N2O2/c1-21(2)18-10-6-16(7-11-18)20(23-14-5-15-24-20)17-8-12-19(13-9-17)22(3)4/h6-13H,5,14-15H2,1-4H3. The monoisotopic (exact) mass is 326 g/mol. The van der Waals surface area contributed by atoms with Crippen molar-refractivity contribution in [3.05, 3.63) is 59.7 Å². The maximum absolute atomic E-state index is 6.19. The van der Waals surface area contributed by atoms with Crippen LogP contribution in [0.25, 0.3) is 0 Å². The topological polar surface area (TPSA) is 24.9 Å². The lowest BCUT2D eigenvalue weighted by molar-refractivity contribution is -0.249. The average molecular weight is 326 g/mol. The van der Waals surface area contributed by atoms with Gasteiger partial charge in [-0.15, -0.1) is 0 Å². The third kappa shape index (κ3) is 3.12. The fourth-order valence-corrected chi connectivity index (χ4v) is 2.99. The van der Waals surface area contributed by atoms with Crippen LogP contribution in [-0.2, 0) is 15.3 Å². The summed E-state index contributed by atoms with van der Waals surface area (Å²) in [4.78, 5) is 4.18. The lowest BCUT2D eigenvalue weighted by atomic mass is 9.95. The number of anilines is 2. The Hall–Kier alpha value is -2.04. The van der Waals surface area contributed by atoms with Gasteiger partial charge in [0.1, 0.15) is 0 Å². The summed E-state index contributed by atoms with van der Waals surface area (Å²) in [6.45, 7) is 1.40. The van der Waals surface area contributed by atoms with E-state index in [9.17, 15) is 0 Å². The van der Waals surface area contributed by atoms with Crippen LogP contribution in [0.3, 0.4) is 0 Å². The SMILES string of the molecule is CN(C)c1ccc(C2(c3ccc(N(C)C)cc3)OCCCO2)cc1. The van der Waals surface area contributed by atoms with Crippen LogP contribution in [0, 0.1) is 0 Å². The summed E-state index contributed by atoms with van der Waals surface area (Å²) in [6.07, 6.45) is 0.924. The Morgan fingerprint density at radius 3 is 1.38 bits per heavy atom. The van der Waals surface area contributed by atoms with Crippen LogP contribution in [0.5, 0.6) is 0 Å². The maximum atomic E-state index is 6.19. The van der Waals surface area contributed by atoms with Crippen molar-refractivity contribution in [2.75, 3.05) is 51.2 Å². The van der Waals surface area contributed by atoms with Crippen LogP contribution in [0.4, 0.5) is 11.4 Å². The highest BCUT2D eigenvalue weighted by Crippen LogP contribution is 2.38. The van der Waals surface area contributed by atoms with Crippen molar-refractivity contribution in [2.24, 2.45) is 0 Å². The Labute approximate surface area is 144 Å². The molecule has 0 saturated carbocycles. The Bertz CT molecular complexity index is 604. The van der Waals surface area contributed by atoms with Gasteiger partial charge in [-0.05, 0) is 30.7 Å². The number of nitrogens with zero attached hydrogens (tertiary/aromatic N) is 2. The first-order valence-corrected chi connectivity index (χ1v) is 8.36. The Kier molecular flexibility index (Phi) is 4.78. The largest absolute Gasteiger partial charge is 0.378 e. The van der Waals surface area contributed by atoms with Gasteiger partial charge in [-0.2, -0.15) is 0 Å². The summed E-state index contributed by atoms with van der Waals surface area (Å²) in [7, 11) is 8.16. The number of ether oxygens (including phenoxy) is 2.